The Kier molecular flexibility index (Phi) is 5.62. The average Bonchev–Trinajstić information content (AvgIpc) is 2.91. The molecule has 0 fully saturated rings. The van der Waals surface area contributed by atoms with Crippen LogP contribution in [0.25, 0.3) is 0 Å². The van der Waals surface area contributed by atoms with Crippen LogP contribution in [-0.4, -0.2) is 44.6 Å². The van der Waals surface area contributed by atoms with E-state index in [9.17, 15) is 9.90 Å². The number of benzene rings is 1. The van der Waals surface area contributed by atoms with Crippen LogP contribution in [0.5, 0.6) is 5.75 Å². The summed E-state index contributed by atoms with van der Waals surface area (Å²) in [5.41, 5.74) is 1.70. The van der Waals surface area contributed by atoms with Gasteiger partial charge >= 0.3 is 0 Å². The maximum Gasteiger partial charge on any atom is 0.266 e. The lowest BCUT2D eigenvalue weighted by atomic mass is 10.1. The van der Waals surface area contributed by atoms with E-state index in [1.165, 1.54) is 0 Å². The summed E-state index contributed by atoms with van der Waals surface area (Å²) in [6.45, 7) is 7.79. The lowest BCUT2D eigenvalue weighted by Crippen LogP contribution is -2.49. The van der Waals surface area contributed by atoms with Gasteiger partial charge in [-0.1, -0.05) is 12.1 Å². The van der Waals surface area contributed by atoms with Gasteiger partial charge in [-0.3, -0.25) is 4.79 Å². The van der Waals surface area contributed by atoms with E-state index in [0.29, 0.717) is 12.3 Å². The average molecular weight is 331 g/mol. The van der Waals surface area contributed by atoms with Crippen molar-refractivity contribution in [2.45, 2.75) is 39.8 Å². The van der Waals surface area contributed by atoms with Crippen molar-refractivity contribution in [3.63, 3.8) is 0 Å². The smallest absolute Gasteiger partial charge is 0.266 e. The molecule has 2 N–H and O–H groups in total. The van der Waals surface area contributed by atoms with Gasteiger partial charge in [0.25, 0.3) is 5.91 Å². The minimum absolute atomic E-state index is 0.115. The number of rotatable bonds is 7. The van der Waals surface area contributed by atoms with Crippen LogP contribution in [0.3, 0.4) is 0 Å². The van der Waals surface area contributed by atoms with Crippen LogP contribution in [0, 0.1) is 13.8 Å². The molecule has 0 saturated heterocycles. The molecule has 0 bridgehead atoms. The molecule has 0 aliphatic heterocycles. The Bertz CT molecular complexity index is 694. The first kappa shape index (κ1) is 18.0. The summed E-state index contributed by atoms with van der Waals surface area (Å²) in [6, 6.07) is 7.59. The van der Waals surface area contributed by atoms with Crippen molar-refractivity contribution in [2.24, 2.45) is 0 Å². The van der Waals surface area contributed by atoms with Crippen molar-refractivity contribution < 1.29 is 14.6 Å². The first-order chi connectivity index (χ1) is 11.3. The van der Waals surface area contributed by atoms with Crippen LogP contribution in [0.15, 0.2) is 30.6 Å². The van der Waals surface area contributed by atoms with Gasteiger partial charge in [-0.25, -0.2) is 4.98 Å². The largest absolute Gasteiger partial charge is 0.478 e. The van der Waals surface area contributed by atoms with Gasteiger partial charge in [0.1, 0.15) is 5.75 Å². The number of aryl methyl sites for hydroxylation is 2. The number of carbonyl (C=O) groups excluding carboxylic acids is 1. The van der Waals surface area contributed by atoms with E-state index in [2.05, 4.69) is 9.97 Å². The van der Waals surface area contributed by atoms with Crippen molar-refractivity contribution in [1.29, 1.82) is 0 Å². The van der Waals surface area contributed by atoms with Crippen LogP contribution in [-0.2, 0) is 11.3 Å². The molecule has 1 aromatic heterocycles. The first-order valence-corrected chi connectivity index (χ1v) is 7.98. The van der Waals surface area contributed by atoms with E-state index < -0.39 is 5.60 Å². The fourth-order valence-electron chi connectivity index (χ4n) is 2.50. The van der Waals surface area contributed by atoms with E-state index in [1.54, 1.807) is 25.1 Å². The molecule has 0 saturated carbocycles. The molecule has 1 aromatic carbocycles. The van der Waals surface area contributed by atoms with Crippen molar-refractivity contribution >= 4 is 5.91 Å². The topological polar surface area (TPSA) is 78.4 Å². The highest BCUT2D eigenvalue weighted by molar-refractivity contribution is 5.84. The van der Waals surface area contributed by atoms with Crippen LogP contribution >= 0.6 is 0 Å². The molecule has 0 unspecified atom stereocenters. The zero-order valence-corrected chi connectivity index (χ0v) is 14.7. The molecule has 0 radical (unpaired) electrons. The number of hydrogen-bond donors (Lipinski definition) is 2. The summed E-state index contributed by atoms with van der Waals surface area (Å²) in [6.07, 6.45) is 1.60. The number of nitrogens with one attached hydrogen (secondary N) is 1. The summed E-state index contributed by atoms with van der Waals surface area (Å²) in [4.78, 5) is 21.7. The number of amides is 1. The number of aliphatic hydroxyl groups is 1. The zero-order valence-electron chi connectivity index (χ0n) is 14.7. The SMILES string of the molecule is Cc1cccc(OC(C)(C)C(=O)N(CCO)Cc2nc[nH]c2C)c1. The highest BCUT2D eigenvalue weighted by atomic mass is 16.5. The van der Waals surface area contributed by atoms with Crippen LogP contribution in [0.4, 0.5) is 0 Å². The fraction of sp³-hybridized carbons (Fsp3) is 0.444. The van der Waals surface area contributed by atoms with Crippen LogP contribution in [0.1, 0.15) is 30.8 Å². The minimum Gasteiger partial charge on any atom is -0.478 e. The number of hydrogen-bond acceptors (Lipinski definition) is 4. The summed E-state index contributed by atoms with van der Waals surface area (Å²) >= 11 is 0. The molecule has 0 atom stereocenters. The quantitative estimate of drug-likeness (QED) is 0.815. The van der Waals surface area contributed by atoms with Gasteiger partial charge < -0.3 is 19.7 Å². The Labute approximate surface area is 142 Å². The van der Waals surface area contributed by atoms with Crippen molar-refractivity contribution in [3.8, 4) is 5.75 Å². The van der Waals surface area contributed by atoms with Gasteiger partial charge in [0.05, 0.1) is 25.2 Å². The maximum atomic E-state index is 12.9. The Morgan fingerprint density at radius 1 is 1.38 bits per heavy atom. The summed E-state index contributed by atoms with van der Waals surface area (Å²) < 4.78 is 5.92. The van der Waals surface area contributed by atoms with E-state index in [0.717, 1.165) is 17.0 Å². The molecule has 2 rings (SSSR count). The monoisotopic (exact) mass is 331 g/mol. The predicted molar refractivity (Wildman–Crippen MR) is 91.7 cm³/mol. The molecular formula is C18H25N3O3. The lowest BCUT2D eigenvalue weighted by Gasteiger charge is -2.32. The molecule has 2 aromatic rings. The molecule has 6 nitrogen and oxygen atoms in total. The Morgan fingerprint density at radius 3 is 2.71 bits per heavy atom. The van der Waals surface area contributed by atoms with E-state index >= 15 is 0 Å². The molecule has 1 amide bonds. The fourth-order valence-corrected chi connectivity index (χ4v) is 2.50. The Morgan fingerprint density at radius 2 is 2.12 bits per heavy atom. The minimum atomic E-state index is -1.05. The van der Waals surface area contributed by atoms with Gasteiger partial charge in [-0.2, -0.15) is 0 Å². The molecule has 130 valence electrons. The summed E-state index contributed by atoms with van der Waals surface area (Å²) in [5.74, 6) is 0.453. The maximum absolute atomic E-state index is 12.9. The molecular weight excluding hydrogens is 306 g/mol. The lowest BCUT2D eigenvalue weighted by molar-refractivity contribution is -0.146. The number of carbonyl (C=O) groups is 1. The molecule has 0 aliphatic rings. The molecule has 6 heteroatoms. The molecule has 1 heterocycles. The number of ether oxygens (including phenoxy) is 1. The molecule has 24 heavy (non-hydrogen) atoms. The normalized spacial score (nSPS) is 11.4. The standard InChI is InChI=1S/C18H25N3O3/c1-13-6-5-7-15(10-13)24-18(3,4)17(23)21(8-9-22)11-16-14(2)19-12-20-16/h5-7,10,12,22H,8-9,11H2,1-4H3,(H,19,20). The summed E-state index contributed by atoms with van der Waals surface area (Å²) in [7, 11) is 0. The number of aromatic nitrogens is 2. The van der Waals surface area contributed by atoms with Crippen molar-refractivity contribution in [3.05, 3.63) is 47.5 Å². The number of aliphatic hydroxyl groups excluding tert-OH is 1. The second-order valence-corrected chi connectivity index (χ2v) is 6.35. The number of nitrogens with zero attached hydrogens (tertiary/aromatic N) is 2. The van der Waals surface area contributed by atoms with Crippen LogP contribution in [0.2, 0.25) is 0 Å². The van der Waals surface area contributed by atoms with Crippen molar-refractivity contribution in [2.75, 3.05) is 13.2 Å². The summed E-state index contributed by atoms with van der Waals surface area (Å²) in [5, 5.41) is 9.31. The third kappa shape index (κ3) is 4.35. The number of aromatic amines is 1. The highest BCUT2D eigenvalue weighted by Gasteiger charge is 2.34. The van der Waals surface area contributed by atoms with Gasteiger partial charge in [-0.05, 0) is 45.4 Å². The third-order valence-electron chi connectivity index (χ3n) is 3.81. The molecule has 0 aliphatic carbocycles. The second-order valence-electron chi connectivity index (χ2n) is 6.35. The second kappa shape index (κ2) is 7.49. The Balaban J connectivity index is 2.16. The first-order valence-electron chi connectivity index (χ1n) is 7.98. The third-order valence-corrected chi connectivity index (χ3v) is 3.81. The van der Waals surface area contributed by atoms with E-state index in [-0.39, 0.29) is 19.1 Å². The number of imidazole rings is 1. The van der Waals surface area contributed by atoms with Gasteiger partial charge in [0.2, 0.25) is 0 Å². The predicted octanol–water partition coefficient (Wildman–Crippen LogP) is 2.21. The molecule has 0 spiro atoms. The number of H-pyrrole nitrogens is 1. The highest BCUT2D eigenvalue weighted by Crippen LogP contribution is 2.22. The van der Waals surface area contributed by atoms with Gasteiger partial charge in [0.15, 0.2) is 5.60 Å². The van der Waals surface area contributed by atoms with Crippen LogP contribution < -0.4 is 4.74 Å². The van der Waals surface area contributed by atoms with Gasteiger partial charge in [0, 0.05) is 12.2 Å². The van der Waals surface area contributed by atoms with Gasteiger partial charge in [-0.15, -0.1) is 0 Å². The van der Waals surface area contributed by atoms with E-state index in [1.807, 2.05) is 38.1 Å². The van der Waals surface area contributed by atoms with E-state index in [4.69, 9.17) is 4.74 Å². The zero-order chi connectivity index (χ0) is 17.7. The Hall–Kier alpha value is -2.34. The van der Waals surface area contributed by atoms with Crippen molar-refractivity contribution in [1.82, 2.24) is 14.9 Å².